The van der Waals surface area contributed by atoms with Gasteiger partial charge in [-0.3, -0.25) is 4.79 Å². The summed E-state index contributed by atoms with van der Waals surface area (Å²) in [6, 6.07) is 0. The van der Waals surface area contributed by atoms with Crippen LogP contribution in [-0.2, 0) is 11.3 Å². The molecule has 0 aliphatic carbocycles. The fourth-order valence-corrected chi connectivity index (χ4v) is 2.52. The topological polar surface area (TPSA) is 78.4 Å². The minimum atomic E-state index is 0.0123. The van der Waals surface area contributed by atoms with Gasteiger partial charge in [-0.1, -0.05) is 13.8 Å². The number of thiazole rings is 1. The van der Waals surface area contributed by atoms with Crippen molar-refractivity contribution in [3.8, 4) is 0 Å². The monoisotopic (exact) mass is 325 g/mol. The fourth-order valence-electron chi connectivity index (χ4n) is 1.67. The van der Waals surface area contributed by atoms with Crippen LogP contribution in [0.3, 0.4) is 0 Å². The van der Waals surface area contributed by atoms with E-state index in [9.17, 15) is 4.79 Å². The SMILES string of the molecule is CCNC(=NCc1nc(C)c(C)s1)NCCNC(=O)C(C)C. The maximum atomic E-state index is 11.5. The molecular weight excluding hydrogens is 298 g/mol. The molecule has 1 rings (SSSR count). The van der Waals surface area contributed by atoms with Gasteiger partial charge in [0.25, 0.3) is 0 Å². The molecule has 1 amide bonds. The van der Waals surface area contributed by atoms with Crippen molar-refractivity contribution in [2.24, 2.45) is 10.9 Å². The standard InChI is InChI=1S/C15H27N5OS/c1-6-16-15(18-8-7-17-14(21)10(2)3)19-9-13-20-11(4)12(5)22-13/h10H,6-9H2,1-5H3,(H,17,21)(H2,16,18,19). The highest BCUT2D eigenvalue weighted by molar-refractivity contribution is 7.11. The lowest BCUT2D eigenvalue weighted by Gasteiger charge is -2.12. The highest BCUT2D eigenvalue weighted by atomic mass is 32.1. The number of nitrogens with zero attached hydrogens (tertiary/aromatic N) is 2. The molecule has 7 heteroatoms. The number of carbonyl (C=O) groups is 1. The minimum absolute atomic E-state index is 0.0123. The summed E-state index contributed by atoms with van der Waals surface area (Å²) in [5, 5.41) is 10.3. The summed E-state index contributed by atoms with van der Waals surface area (Å²) in [7, 11) is 0. The molecule has 0 aliphatic heterocycles. The maximum Gasteiger partial charge on any atom is 0.222 e. The van der Waals surface area contributed by atoms with Crippen LogP contribution in [0, 0.1) is 19.8 Å². The van der Waals surface area contributed by atoms with Crippen LogP contribution in [0.5, 0.6) is 0 Å². The molecule has 0 aromatic carbocycles. The van der Waals surface area contributed by atoms with E-state index in [1.165, 1.54) is 4.88 Å². The van der Waals surface area contributed by atoms with Crippen LogP contribution in [0.15, 0.2) is 4.99 Å². The Bertz CT molecular complexity index is 491. The van der Waals surface area contributed by atoms with Gasteiger partial charge in [0.15, 0.2) is 5.96 Å². The van der Waals surface area contributed by atoms with Crippen LogP contribution in [0.4, 0.5) is 0 Å². The Hall–Kier alpha value is -1.63. The second kappa shape index (κ2) is 9.40. The normalized spacial score (nSPS) is 11.6. The van der Waals surface area contributed by atoms with Gasteiger partial charge in [-0.2, -0.15) is 0 Å². The molecule has 0 saturated heterocycles. The molecule has 3 N–H and O–H groups in total. The van der Waals surface area contributed by atoms with E-state index in [0.717, 1.165) is 23.2 Å². The van der Waals surface area contributed by atoms with Gasteiger partial charge in [0.1, 0.15) is 5.01 Å². The summed E-state index contributed by atoms with van der Waals surface area (Å²) < 4.78 is 0. The van der Waals surface area contributed by atoms with Crippen LogP contribution in [0.2, 0.25) is 0 Å². The van der Waals surface area contributed by atoms with Gasteiger partial charge in [-0.05, 0) is 20.8 Å². The lowest BCUT2D eigenvalue weighted by atomic mass is 10.2. The van der Waals surface area contributed by atoms with E-state index in [0.29, 0.717) is 19.6 Å². The number of nitrogens with one attached hydrogen (secondary N) is 3. The van der Waals surface area contributed by atoms with E-state index in [-0.39, 0.29) is 11.8 Å². The molecule has 1 heterocycles. The van der Waals surface area contributed by atoms with Crippen molar-refractivity contribution >= 4 is 23.2 Å². The summed E-state index contributed by atoms with van der Waals surface area (Å²) in [5.41, 5.74) is 1.07. The zero-order valence-corrected chi connectivity index (χ0v) is 14.9. The molecular formula is C15H27N5OS. The van der Waals surface area contributed by atoms with Crippen LogP contribution >= 0.6 is 11.3 Å². The summed E-state index contributed by atoms with van der Waals surface area (Å²) in [6.07, 6.45) is 0. The minimum Gasteiger partial charge on any atom is -0.357 e. The van der Waals surface area contributed by atoms with Gasteiger partial charge >= 0.3 is 0 Å². The van der Waals surface area contributed by atoms with Crippen molar-refractivity contribution in [3.05, 3.63) is 15.6 Å². The van der Waals surface area contributed by atoms with Gasteiger partial charge < -0.3 is 16.0 Å². The molecule has 1 aromatic heterocycles. The van der Waals surface area contributed by atoms with Gasteiger partial charge in [-0.15, -0.1) is 11.3 Å². The highest BCUT2D eigenvalue weighted by Crippen LogP contribution is 2.16. The predicted molar refractivity (Wildman–Crippen MR) is 92.3 cm³/mol. The second-order valence-electron chi connectivity index (χ2n) is 5.32. The fraction of sp³-hybridized carbons (Fsp3) is 0.667. The molecule has 0 aliphatic rings. The molecule has 22 heavy (non-hydrogen) atoms. The van der Waals surface area contributed by atoms with Gasteiger partial charge in [-0.25, -0.2) is 9.98 Å². The molecule has 0 spiro atoms. The highest BCUT2D eigenvalue weighted by Gasteiger charge is 2.06. The molecule has 0 unspecified atom stereocenters. The number of guanidine groups is 1. The first-order chi connectivity index (χ1) is 10.4. The van der Waals surface area contributed by atoms with E-state index in [2.05, 4.69) is 32.9 Å². The predicted octanol–water partition coefficient (Wildman–Crippen LogP) is 1.59. The Morgan fingerprint density at radius 3 is 2.45 bits per heavy atom. The average molecular weight is 325 g/mol. The number of hydrogen-bond donors (Lipinski definition) is 3. The van der Waals surface area contributed by atoms with Gasteiger partial charge in [0.05, 0.1) is 12.2 Å². The number of rotatable bonds is 7. The average Bonchev–Trinajstić information content (AvgIpc) is 2.79. The second-order valence-corrected chi connectivity index (χ2v) is 6.60. The lowest BCUT2D eigenvalue weighted by Crippen LogP contribution is -2.42. The number of aliphatic imine (C=N–C) groups is 1. The Morgan fingerprint density at radius 2 is 1.91 bits per heavy atom. The third-order valence-electron chi connectivity index (χ3n) is 3.03. The first-order valence-electron chi connectivity index (χ1n) is 7.66. The zero-order chi connectivity index (χ0) is 16.5. The Labute approximate surface area is 136 Å². The summed E-state index contributed by atoms with van der Waals surface area (Å²) in [4.78, 5) is 21.7. The third kappa shape index (κ3) is 6.43. The molecule has 0 fully saturated rings. The smallest absolute Gasteiger partial charge is 0.222 e. The first kappa shape index (κ1) is 18.4. The molecule has 0 bridgehead atoms. The van der Waals surface area contributed by atoms with Crippen molar-refractivity contribution in [1.29, 1.82) is 0 Å². The van der Waals surface area contributed by atoms with E-state index in [4.69, 9.17) is 0 Å². The van der Waals surface area contributed by atoms with Gasteiger partial charge in [0, 0.05) is 30.4 Å². The van der Waals surface area contributed by atoms with Gasteiger partial charge in [0.2, 0.25) is 5.91 Å². The van der Waals surface area contributed by atoms with Crippen LogP contribution < -0.4 is 16.0 Å². The summed E-state index contributed by atoms with van der Waals surface area (Å²) >= 11 is 1.68. The Kier molecular flexibility index (Phi) is 7.87. The number of hydrogen-bond acceptors (Lipinski definition) is 4. The summed E-state index contributed by atoms with van der Waals surface area (Å²) in [6.45, 7) is 12.4. The molecule has 0 radical (unpaired) electrons. The van der Waals surface area contributed by atoms with Crippen molar-refractivity contribution in [2.45, 2.75) is 41.2 Å². The van der Waals surface area contributed by atoms with E-state index >= 15 is 0 Å². The van der Waals surface area contributed by atoms with E-state index in [1.54, 1.807) is 11.3 Å². The largest absolute Gasteiger partial charge is 0.357 e. The molecule has 124 valence electrons. The number of carbonyl (C=O) groups excluding carboxylic acids is 1. The Balaban J connectivity index is 2.43. The Morgan fingerprint density at radius 1 is 1.23 bits per heavy atom. The van der Waals surface area contributed by atoms with Crippen LogP contribution in [0.1, 0.15) is 36.3 Å². The van der Waals surface area contributed by atoms with Crippen molar-refractivity contribution in [1.82, 2.24) is 20.9 Å². The van der Waals surface area contributed by atoms with Crippen molar-refractivity contribution in [3.63, 3.8) is 0 Å². The van der Waals surface area contributed by atoms with Crippen LogP contribution in [-0.4, -0.2) is 36.5 Å². The summed E-state index contributed by atoms with van der Waals surface area (Å²) in [5.74, 6) is 0.822. The molecule has 6 nitrogen and oxygen atoms in total. The first-order valence-corrected chi connectivity index (χ1v) is 8.48. The quantitative estimate of drug-likeness (QED) is 0.404. The number of amides is 1. The lowest BCUT2D eigenvalue weighted by molar-refractivity contribution is -0.123. The third-order valence-corrected chi connectivity index (χ3v) is 4.09. The van der Waals surface area contributed by atoms with Crippen molar-refractivity contribution in [2.75, 3.05) is 19.6 Å². The molecule has 0 atom stereocenters. The van der Waals surface area contributed by atoms with Crippen molar-refractivity contribution < 1.29 is 4.79 Å². The zero-order valence-electron chi connectivity index (χ0n) is 14.1. The van der Waals surface area contributed by atoms with E-state index < -0.39 is 0 Å². The maximum absolute atomic E-state index is 11.5. The van der Waals surface area contributed by atoms with E-state index in [1.807, 2.05) is 27.7 Å². The molecule has 0 saturated carbocycles. The van der Waals surface area contributed by atoms with Crippen LogP contribution in [0.25, 0.3) is 0 Å². The number of aromatic nitrogens is 1. The molecule has 1 aromatic rings. The number of aryl methyl sites for hydroxylation is 2.